The van der Waals surface area contributed by atoms with Crippen LogP contribution in [0.2, 0.25) is 0 Å². The molecule has 4 heterocycles. The van der Waals surface area contributed by atoms with E-state index >= 15 is 0 Å². The van der Waals surface area contributed by atoms with E-state index in [2.05, 4.69) is 44.2 Å². The summed E-state index contributed by atoms with van der Waals surface area (Å²) in [7, 11) is 1.90. The van der Waals surface area contributed by atoms with Crippen LogP contribution in [0.15, 0.2) is 49.1 Å². The van der Waals surface area contributed by atoms with Crippen molar-refractivity contribution in [1.29, 1.82) is 0 Å². The number of likely N-dealkylation sites (tertiary alicyclic amines) is 1. The topological polar surface area (TPSA) is 65.3 Å². The van der Waals surface area contributed by atoms with Gasteiger partial charge in [0, 0.05) is 56.4 Å². The zero-order valence-electron chi connectivity index (χ0n) is 17.3. The van der Waals surface area contributed by atoms with Crippen LogP contribution in [0, 0.1) is 0 Å². The standard InChI is InChI=1S/C23H27N5O2/c1-27-15-19(14-26-27)18-12-24-23(25-13-18)30-20-6-9-28(10-7-20)16-22-21-5-3-2-4-17(21)8-11-29-22/h2-5,12-15,20,22H,6-11,16H2,1H3. The molecule has 0 radical (unpaired) electrons. The second-order valence-corrected chi connectivity index (χ2v) is 8.08. The van der Waals surface area contributed by atoms with Gasteiger partial charge in [0.05, 0.1) is 18.9 Å². The number of ether oxygens (including phenoxy) is 2. The summed E-state index contributed by atoms with van der Waals surface area (Å²) in [5, 5.41) is 4.19. The van der Waals surface area contributed by atoms with Gasteiger partial charge in [0.15, 0.2) is 0 Å². The number of rotatable bonds is 5. The van der Waals surface area contributed by atoms with E-state index in [1.165, 1.54) is 11.1 Å². The minimum Gasteiger partial charge on any atom is -0.460 e. The Morgan fingerprint density at radius 1 is 1.07 bits per heavy atom. The van der Waals surface area contributed by atoms with Gasteiger partial charge in [-0.25, -0.2) is 9.97 Å². The van der Waals surface area contributed by atoms with Crippen LogP contribution in [-0.2, 0) is 18.2 Å². The molecule has 3 aromatic rings. The molecule has 1 aromatic carbocycles. The van der Waals surface area contributed by atoms with E-state index in [9.17, 15) is 0 Å². The number of aromatic nitrogens is 4. The molecule has 156 valence electrons. The molecule has 30 heavy (non-hydrogen) atoms. The zero-order chi connectivity index (χ0) is 20.3. The number of benzene rings is 1. The second-order valence-electron chi connectivity index (χ2n) is 8.08. The molecule has 1 fully saturated rings. The first-order valence-corrected chi connectivity index (χ1v) is 10.6. The SMILES string of the molecule is Cn1cc(-c2cnc(OC3CCN(CC4OCCc5ccccc54)CC3)nc2)cn1. The molecule has 1 atom stereocenters. The van der Waals surface area contributed by atoms with E-state index in [0.717, 1.165) is 56.6 Å². The van der Waals surface area contributed by atoms with Crippen molar-refractivity contribution in [3.8, 4) is 17.1 Å². The van der Waals surface area contributed by atoms with Gasteiger partial charge in [-0.3, -0.25) is 4.68 Å². The molecule has 0 amide bonds. The Morgan fingerprint density at radius 2 is 1.87 bits per heavy atom. The van der Waals surface area contributed by atoms with Crippen molar-refractivity contribution in [1.82, 2.24) is 24.6 Å². The van der Waals surface area contributed by atoms with Crippen molar-refractivity contribution < 1.29 is 9.47 Å². The highest BCUT2D eigenvalue weighted by atomic mass is 16.5. The molecule has 0 aliphatic carbocycles. The number of piperidine rings is 1. The summed E-state index contributed by atoms with van der Waals surface area (Å²) in [4.78, 5) is 11.3. The van der Waals surface area contributed by atoms with Gasteiger partial charge >= 0.3 is 6.01 Å². The van der Waals surface area contributed by atoms with Crippen molar-refractivity contribution in [3.63, 3.8) is 0 Å². The molecular formula is C23H27N5O2. The zero-order valence-corrected chi connectivity index (χ0v) is 17.3. The lowest BCUT2D eigenvalue weighted by Crippen LogP contribution is -2.41. The summed E-state index contributed by atoms with van der Waals surface area (Å²) >= 11 is 0. The van der Waals surface area contributed by atoms with E-state index in [0.29, 0.717) is 6.01 Å². The molecule has 7 heteroatoms. The summed E-state index contributed by atoms with van der Waals surface area (Å²) in [6.45, 7) is 3.76. The maximum atomic E-state index is 6.08. The maximum absolute atomic E-state index is 6.08. The van der Waals surface area contributed by atoms with Crippen molar-refractivity contribution in [3.05, 3.63) is 60.2 Å². The predicted molar refractivity (Wildman–Crippen MR) is 113 cm³/mol. The third-order valence-corrected chi connectivity index (χ3v) is 5.99. The smallest absolute Gasteiger partial charge is 0.316 e. The van der Waals surface area contributed by atoms with Crippen LogP contribution in [0.4, 0.5) is 0 Å². The summed E-state index contributed by atoms with van der Waals surface area (Å²) in [6, 6.07) is 9.12. The van der Waals surface area contributed by atoms with Gasteiger partial charge < -0.3 is 14.4 Å². The van der Waals surface area contributed by atoms with Gasteiger partial charge in [0.1, 0.15) is 6.10 Å². The fraction of sp³-hybridized carbons (Fsp3) is 0.435. The summed E-state index contributed by atoms with van der Waals surface area (Å²) in [5.74, 6) is 0. The van der Waals surface area contributed by atoms with Crippen LogP contribution in [0.3, 0.4) is 0 Å². The predicted octanol–water partition coefficient (Wildman–Crippen LogP) is 3.03. The highest BCUT2D eigenvalue weighted by Gasteiger charge is 2.27. The van der Waals surface area contributed by atoms with Crippen LogP contribution in [0.1, 0.15) is 30.1 Å². The molecule has 7 nitrogen and oxygen atoms in total. The lowest BCUT2D eigenvalue weighted by Gasteiger charge is -2.35. The fourth-order valence-electron chi connectivity index (χ4n) is 4.32. The van der Waals surface area contributed by atoms with E-state index in [-0.39, 0.29) is 12.2 Å². The molecule has 0 bridgehead atoms. The normalized spacial score (nSPS) is 20.1. The Kier molecular flexibility index (Phi) is 5.46. The second kappa shape index (κ2) is 8.53. The molecule has 2 aliphatic heterocycles. The first-order valence-electron chi connectivity index (χ1n) is 10.6. The first kappa shape index (κ1) is 19.2. The number of hydrogen-bond acceptors (Lipinski definition) is 6. The van der Waals surface area contributed by atoms with Gasteiger partial charge in [-0.15, -0.1) is 0 Å². The van der Waals surface area contributed by atoms with Crippen LogP contribution >= 0.6 is 0 Å². The lowest BCUT2D eigenvalue weighted by molar-refractivity contribution is 0.00161. The third-order valence-electron chi connectivity index (χ3n) is 5.99. The molecule has 0 N–H and O–H groups in total. The number of nitrogens with zero attached hydrogens (tertiary/aromatic N) is 5. The van der Waals surface area contributed by atoms with Crippen LogP contribution in [0.25, 0.3) is 11.1 Å². The number of fused-ring (bicyclic) bond motifs is 1. The fourth-order valence-corrected chi connectivity index (χ4v) is 4.32. The average Bonchev–Trinajstić information content (AvgIpc) is 3.22. The average molecular weight is 406 g/mol. The van der Waals surface area contributed by atoms with Crippen molar-refractivity contribution in [2.24, 2.45) is 7.05 Å². The number of hydrogen-bond donors (Lipinski definition) is 0. The van der Waals surface area contributed by atoms with Crippen molar-refractivity contribution in [2.45, 2.75) is 31.5 Å². The lowest BCUT2D eigenvalue weighted by atomic mass is 9.96. The Hall–Kier alpha value is -2.77. The Bertz CT molecular complexity index is 979. The van der Waals surface area contributed by atoms with Crippen LogP contribution in [0.5, 0.6) is 6.01 Å². The molecule has 1 unspecified atom stereocenters. The summed E-state index contributed by atoms with van der Waals surface area (Å²) < 4.78 is 13.9. The highest BCUT2D eigenvalue weighted by molar-refractivity contribution is 5.59. The van der Waals surface area contributed by atoms with E-state index < -0.39 is 0 Å². The largest absolute Gasteiger partial charge is 0.460 e. The molecule has 5 rings (SSSR count). The first-order chi connectivity index (χ1) is 14.7. The van der Waals surface area contributed by atoms with Gasteiger partial charge in [-0.05, 0) is 30.4 Å². The molecule has 0 saturated carbocycles. The van der Waals surface area contributed by atoms with Crippen molar-refractivity contribution in [2.75, 3.05) is 26.2 Å². The van der Waals surface area contributed by atoms with Crippen LogP contribution < -0.4 is 4.74 Å². The van der Waals surface area contributed by atoms with Gasteiger partial charge in [-0.1, -0.05) is 24.3 Å². The molecule has 0 spiro atoms. The maximum Gasteiger partial charge on any atom is 0.316 e. The van der Waals surface area contributed by atoms with E-state index in [1.54, 1.807) is 17.1 Å². The number of aryl methyl sites for hydroxylation is 1. The van der Waals surface area contributed by atoms with E-state index in [1.807, 2.05) is 19.4 Å². The third kappa shape index (κ3) is 4.22. The Balaban J connectivity index is 1.13. The van der Waals surface area contributed by atoms with Crippen molar-refractivity contribution >= 4 is 0 Å². The van der Waals surface area contributed by atoms with Gasteiger partial charge in [-0.2, -0.15) is 5.10 Å². The quantitative estimate of drug-likeness (QED) is 0.650. The molecular weight excluding hydrogens is 378 g/mol. The van der Waals surface area contributed by atoms with Crippen LogP contribution in [-0.4, -0.2) is 57.0 Å². The highest BCUT2D eigenvalue weighted by Crippen LogP contribution is 2.29. The van der Waals surface area contributed by atoms with E-state index in [4.69, 9.17) is 9.47 Å². The summed E-state index contributed by atoms with van der Waals surface area (Å²) in [6.07, 6.45) is 10.7. The minimum absolute atomic E-state index is 0.157. The molecule has 2 aliphatic rings. The monoisotopic (exact) mass is 405 g/mol. The summed E-state index contributed by atoms with van der Waals surface area (Å²) in [5.41, 5.74) is 4.73. The Morgan fingerprint density at radius 3 is 2.63 bits per heavy atom. The van der Waals surface area contributed by atoms with Gasteiger partial charge in [0.25, 0.3) is 0 Å². The minimum atomic E-state index is 0.157. The Labute approximate surface area is 176 Å². The van der Waals surface area contributed by atoms with Gasteiger partial charge in [0.2, 0.25) is 0 Å². The molecule has 2 aromatic heterocycles. The molecule has 1 saturated heterocycles.